The second-order valence-electron chi connectivity index (χ2n) is 5.30. The van der Waals surface area contributed by atoms with E-state index in [0.717, 1.165) is 25.9 Å². The van der Waals surface area contributed by atoms with Crippen LogP contribution in [0.1, 0.15) is 52.4 Å². The molecule has 0 amide bonds. The number of nitrogens with zero attached hydrogens (tertiary/aromatic N) is 1. The molecule has 0 aliphatic carbocycles. The molecule has 98 valence electrons. The van der Waals surface area contributed by atoms with E-state index in [2.05, 4.69) is 30.9 Å². The van der Waals surface area contributed by atoms with E-state index in [1.807, 2.05) is 0 Å². The van der Waals surface area contributed by atoms with Crippen LogP contribution in [0, 0.1) is 5.92 Å². The van der Waals surface area contributed by atoms with Crippen molar-refractivity contribution in [1.29, 1.82) is 0 Å². The topological polar surface area (TPSA) is 20.3 Å². The van der Waals surface area contributed by atoms with Crippen LogP contribution in [0.5, 0.6) is 0 Å². The van der Waals surface area contributed by atoms with E-state index >= 15 is 0 Å². The largest absolute Gasteiger partial charge is 0.298 e. The van der Waals surface area contributed by atoms with Crippen LogP contribution < -0.4 is 0 Å². The van der Waals surface area contributed by atoms with E-state index in [0.29, 0.717) is 18.2 Å². The molecule has 0 radical (unpaired) electrons. The number of Topliss-reactive ketones (excluding diaryl/α,β-unsaturated/α-hetero) is 1. The second kappa shape index (κ2) is 8.46. The summed E-state index contributed by atoms with van der Waals surface area (Å²) in [6.07, 6.45) is 11.4. The Morgan fingerprint density at radius 1 is 1.29 bits per heavy atom. The lowest BCUT2D eigenvalue weighted by Crippen LogP contribution is -2.35. The highest BCUT2D eigenvalue weighted by molar-refractivity contribution is 5.80. The average Bonchev–Trinajstić information content (AvgIpc) is 2.29. The fourth-order valence-corrected chi connectivity index (χ4v) is 2.37. The highest BCUT2D eigenvalue weighted by Gasteiger charge is 2.14. The first kappa shape index (κ1) is 14.4. The molecule has 0 N–H and O–H groups in total. The number of rotatable bonds is 8. The van der Waals surface area contributed by atoms with Crippen LogP contribution in [0.4, 0.5) is 0 Å². The van der Waals surface area contributed by atoms with Crippen molar-refractivity contribution >= 4 is 5.78 Å². The number of carbonyl (C=O) groups excluding carboxylic acids is 1. The third-order valence-electron chi connectivity index (χ3n) is 3.33. The fraction of sp³-hybridized carbons (Fsp3) is 0.800. The lowest BCUT2D eigenvalue weighted by atomic mass is 10.1. The second-order valence-corrected chi connectivity index (χ2v) is 5.30. The third-order valence-corrected chi connectivity index (χ3v) is 3.33. The van der Waals surface area contributed by atoms with Crippen LogP contribution in [0.3, 0.4) is 0 Å². The van der Waals surface area contributed by atoms with Crippen molar-refractivity contribution in [3.05, 3.63) is 12.2 Å². The molecule has 1 atom stereocenters. The van der Waals surface area contributed by atoms with Crippen LogP contribution in [0.15, 0.2) is 12.2 Å². The highest BCUT2D eigenvalue weighted by Crippen LogP contribution is 2.10. The molecule has 2 nitrogen and oxygen atoms in total. The van der Waals surface area contributed by atoms with Gasteiger partial charge in [-0.05, 0) is 12.3 Å². The molecule has 1 aliphatic rings. The number of unbranched alkanes of at least 4 members (excludes halogenated alkanes) is 4. The van der Waals surface area contributed by atoms with Crippen molar-refractivity contribution in [3.63, 3.8) is 0 Å². The molecule has 0 aromatic heterocycles. The minimum atomic E-state index is 0.420. The molecular formula is C15H27NO. The summed E-state index contributed by atoms with van der Waals surface area (Å²) in [5, 5.41) is 0. The quantitative estimate of drug-likeness (QED) is 0.476. The van der Waals surface area contributed by atoms with Crippen LogP contribution in [0.2, 0.25) is 0 Å². The summed E-state index contributed by atoms with van der Waals surface area (Å²) >= 11 is 0. The first-order chi connectivity index (χ1) is 8.22. The van der Waals surface area contributed by atoms with Crippen molar-refractivity contribution in [3.8, 4) is 0 Å². The highest BCUT2D eigenvalue weighted by atomic mass is 16.1. The Labute approximate surface area is 106 Å². The number of hydrogen-bond donors (Lipinski definition) is 0. The van der Waals surface area contributed by atoms with Crippen LogP contribution in [-0.2, 0) is 4.79 Å². The Hall–Kier alpha value is -0.630. The lowest BCUT2D eigenvalue weighted by molar-refractivity contribution is -0.120. The predicted molar refractivity (Wildman–Crippen MR) is 73.1 cm³/mol. The molecule has 1 rings (SSSR count). The van der Waals surface area contributed by atoms with Gasteiger partial charge >= 0.3 is 0 Å². The Morgan fingerprint density at radius 3 is 2.76 bits per heavy atom. The van der Waals surface area contributed by atoms with Gasteiger partial charge in [-0.2, -0.15) is 0 Å². The van der Waals surface area contributed by atoms with Crippen LogP contribution in [0.25, 0.3) is 0 Å². The zero-order chi connectivity index (χ0) is 12.5. The van der Waals surface area contributed by atoms with E-state index in [1.54, 1.807) is 0 Å². The van der Waals surface area contributed by atoms with Gasteiger partial charge in [-0.15, -0.1) is 0 Å². The molecular weight excluding hydrogens is 210 g/mol. The van der Waals surface area contributed by atoms with E-state index in [-0.39, 0.29) is 0 Å². The summed E-state index contributed by atoms with van der Waals surface area (Å²) in [4.78, 5) is 14.0. The van der Waals surface area contributed by atoms with Crippen LogP contribution >= 0.6 is 0 Å². The Morgan fingerprint density at radius 2 is 2.06 bits per heavy atom. The minimum absolute atomic E-state index is 0.420. The van der Waals surface area contributed by atoms with E-state index < -0.39 is 0 Å². The maximum Gasteiger partial charge on any atom is 0.146 e. The molecule has 1 aliphatic heterocycles. The zero-order valence-electron chi connectivity index (χ0n) is 11.5. The van der Waals surface area contributed by atoms with E-state index in [9.17, 15) is 4.79 Å². The minimum Gasteiger partial charge on any atom is -0.298 e. The van der Waals surface area contributed by atoms with Gasteiger partial charge in [0.25, 0.3) is 0 Å². The molecule has 0 saturated heterocycles. The number of ketones is 1. The predicted octanol–water partition coefficient (Wildman–Crippen LogP) is 3.42. The van der Waals surface area contributed by atoms with Gasteiger partial charge < -0.3 is 0 Å². The molecule has 1 unspecified atom stereocenters. The van der Waals surface area contributed by atoms with Gasteiger partial charge in [-0.25, -0.2) is 0 Å². The molecule has 0 spiro atoms. The Kier molecular flexibility index (Phi) is 7.18. The summed E-state index contributed by atoms with van der Waals surface area (Å²) in [6, 6.07) is 0. The summed E-state index contributed by atoms with van der Waals surface area (Å²) in [6.45, 7) is 7.07. The van der Waals surface area contributed by atoms with Crippen molar-refractivity contribution in [2.24, 2.45) is 5.92 Å². The lowest BCUT2D eigenvalue weighted by Gasteiger charge is -2.26. The molecule has 0 aromatic carbocycles. The van der Waals surface area contributed by atoms with Gasteiger partial charge in [-0.1, -0.05) is 51.7 Å². The van der Waals surface area contributed by atoms with Gasteiger partial charge in [0.1, 0.15) is 5.78 Å². The molecule has 0 saturated carbocycles. The summed E-state index contributed by atoms with van der Waals surface area (Å²) in [5.41, 5.74) is 0. The molecule has 17 heavy (non-hydrogen) atoms. The summed E-state index contributed by atoms with van der Waals surface area (Å²) in [7, 11) is 0. The van der Waals surface area contributed by atoms with Crippen molar-refractivity contribution in [2.75, 3.05) is 19.6 Å². The third kappa shape index (κ3) is 6.62. The van der Waals surface area contributed by atoms with Gasteiger partial charge in [0.05, 0.1) is 6.54 Å². The van der Waals surface area contributed by atoms with Crippen molar-refractivity contribution in [1.82, 2.24) is 4.90 Å². The van der Waals surface area contributed by atoms with Crippen molar-refractivity contribution < 1.29 is 4.79 Å². The number of carbonyl (C=O) groups is 1. The van der Waals surface area contributed by atoms with Gasteiger partial charge in [0, 0.05) is 19.5 Å². The normalized spacial score (nSPS) is 20.7. The monoisotopic (exact) mass is 237 g/mol. The zero-order valence-corrected chi connectivity index (χ0v) is 11.5. The van der Waals surface area contributed by atoms with E-state index in [4.69, 9.17) is 0 Å². The Bertz CT molecular complexity index is 247. The standard InChI is InChI=1S/C15H27NO/c1-3-4-5-6-7-10-15(17)13-16-11-8-9-14(2)12-16/h8-9,14H,3-7,10-13H2,1-2H3. The molecule has 2 heteroatoms. The van der Waals surface area contributed by atoms with Crippen LogP contribution in [-0.4, -0.2) is 30.3 Å². The average molecular weight is 237 g/mol. The fourth-order valence-electron chi connectivity index (χ4n) is 2.37. The SMILES string of the molecule is CCCCCCCC(=O)CN1CC=CC(C)C1. The maximum atomic E-state index is 11.8. The van der Waals surface area contributed by atoms with Crippen molar-refractivity contribution in [2.45, 2.75) is 52.4 Å². The summed E-state index contributed by atoms with van der Waals surface area (Å²) < 4.78 is 0. The summed E-state index contributed by atoms with van der Waals surface area (Å²) in [5.74, 6) is 1.02. The first-order valence-corrected chi connectivity index (χ1v) is 7.13. The Balaban J connectivity index is 2.06. The first-order valence-electron chi connectivity index (χ1n) is 7.13. The van der Waals surface area contributed by atoms with Gasteiger partial charge in [0.15, 0.2) is 0 Å². The molecule has 0 bridgehead atoms. The molecule has 1 heterocycles. The number of hydrogen-bond acceptors (Lipinski definition) is 2. The molecule has 0 fully saturated rings. The maximum absolute atomic E-state index is 11.8. The van der Waals surface area contributed by atoms with Gasteiger partial charge in [0.2, 0.25) is 0 Å². The van der Waals surface area contributed by atoms with E-state index in [1.165, 1.54) is 25.7 Å². The van der Waals surface area contributed by atoms with Gasteiger partial charge in [-0.3, -0.25) is 9.69 Å². The molecule has 0 aromatic rings. The smallest absolute Gasteiger partial charge is 0.146 e.